The Morgan fingerprint density at radius 2 is 2.12 bits per heavy atom. The maximum atomic E-state index is 11.7. The van der Waals surface area contributed by atoms with Gasteiger partial charge in [0.15, 0.2) is 0 Å². The third kappa shape index (κ3) is 4.25. The molecule has 1 rings (SSSR count). The van der Waals surface area contributed by atoms with E-state index in [0.29, 0.717) is 0 Å². The van der Waals surface area contributed by atoms with Crippen molar-refractivity contribution in [3.8, 4) is 0 Å². The van der Waals surface area contributed by atoms with Crippen molar-refractivity contribution in [2.75, 3.05) is 18.6 Å². The lowest BCUT2D eigenvalue weighted by atomic mass is 9.77. The summed E-state index contributed by atoms with van der Waals surface area (Å²) in [6.07, 6.45) is 3.67. The van der Waals surface area contributed by atoms with Crippen LogP contribution in [0.2, 0.25) is 0 Å². The Kier molecular flexibility index (Phi) is 4.51. The van der Waals surface area contributed by atoms with Gasteiger partial charge < -0.3 is 16.2 Å². The van der Waals surface area contributed by atoms with Crippen molar-refractivity contribution < 1.29 is 18.3 Å². The highest BCUT2D eigenvalue weighted by atomic mass is 32.2. The second-order valence-electron chi connectivity index (χ2n) is 4.81. The lowest BCUT2D eigenvalue weighted by Gasteiger charge is -2.41. The van der Waals surface area contributed by atoms with Gasteiger partial charge in [0, 0.05) is 6.26 Å². The van der Waals surface area contributed by atoms with Crippen LogP contribution in [0, 0.1) is 0 Å². The lowest BCUT2D eigenvalue weighted by Crippen LogP contribution is -2.59. The van der Waals surface area contributed by atoms with Gasteiger partial charge in [-0.1, -0.05) is 0 Å². The van der Waals surface area contributed by atoms with E-state index in [0.717, 1.165) is 25.5 Å². The highest BCUT2D eigenvalue weighted by Crippen LogP contribution is 2.31. The zero-order chi connectivity index (χ0) is 13.1. The minimum atomic E-state index is -3.10. The van der Waals surface area contributed by atoms with Crippen molar-refractivity contribution in [2.24, 2.45) is 5.73 Å². The van der Waals surface area contributed by atoms with E-state index in [1.165, 1.54) is 0 Å². The van der Waals surface area contributed by atoms with Gasteiger partial charge in [-0.2, -0.15) is 0 Å². The minimum absolute atomic E-state index is 0.0997. The van der Waals surface area contributed by atoms with Gasteiger partial charge in [-0.3, -0.25) is 4.79 Å². The minimum Gasteiger partial charge on any atom is -0.394 e. The van der Waals surface area contributed by atoms with E-state index >= 15 is 0 Å². The first-order chi connectivity index (χ1) is 7.78. The van der Waals surface area contributed by atoms with Crippen molar-refractivity contribution in [1.29, 1.82) is 0 Å². The third-order valence-electron chi connectivity index (χ3n) is 3.14. The summed E-state index contributed by atoms with van der Waals surface area (Å²) in [4.78, 5) is 11.7. The molecular weight excluding hydrogens is 244 g/mol. The van der Waals surface area contributed by atoms with Crippen LogP contribution in [0.5, 0.6) is 0 Å². The van der Waals surface area contributed by atoms with Gasteiger partial charge in [0.1, 0.15) is 9.84 Å². The standard InChI is InChI=1S/C10H20N2O4S/c1-17(15,16)6-3-8(11)9(14)12-10(7-13)4-2-5-10/h8,13H,2-7,11H2,1H3,(H,12,14). The molecule has 17 heavy (non-hydrogen) atoms. The molecule has 4 N–H and O–H groups in total. The van der Waals surface area contributed by atoms with Gasteiger partial charge >= 0.3 is 0 Å². The fourth-order valence-electron chi connectivity index (χ4n) is 1.75. The summed E-state index contributed by atoms with van der Waals surface area (Å²) >= 11 is 0. The van der Waals surface area contributed by atoms with Gasteiger partial charge in [0.2, 0.25) is 5.91 Å². The van der Waals surface area contributed by atoms with Gasteiger partial charge in [0.25, 0.3) is 0 Å². The molecule has 0 aromatic heterocycles. The number of nitrogens with one attached hydrogen (secondary N) is 1. The average molecular weight is 264 g/mol. The van der Waals surface area contributed by atoms with E-state index in [9.17, 15) is 18.3 Å². The smallest absolute Gasteiger partial charge is 0.237 e. The second-order valence-corrected chi connectivity index (χ2v) is 7.07. The molecule has 1 aliphatic rings. The first kappa shape index (κ1) is 14.4. The van der Waals surface area contributed by atoms with Crippen LogP contribution in [0.25, 0.3) is 0 Å². The van der Waals surface area contributed by atoms with Gasteiger partial charge in [-0.15, -0.1) is 0 Å². The first-order valence-corrected chi connectivity index (χ1v) is 7.70. The van der Waals surface area contributed by atoms with Crippen LogP contribution in [0.1, 0.15) is 25.7 Å². The number of carbonyl (C=O) groups excluding carboxylic acids is 1. The molecule has 0 aromatic carbocycles. The van der Waals surface area contributed by atoms with E-state index < -0.39 is 21.4 Å². The van der Waals surface area contributed by atoms with E-state index in [2.05, 4.69) is 5.32 Å². The Morgan fingerprint density at radius 3 is 2.47 bits per heavy atom. The molecule has 0 aromatic rings. The topological polar surface area (TPSA) is 109 Å². The van der Waals surface area contributed by atoms with E-state index in [-0.39, 0.29) is 24.7 Å². The van der Waals surface area contributed by atoms with Crippen LogP contribution in [0.3, 0.4) is 0 Å². The molecule has 1 atom stereocenters. The number of carbonyl (C=O) groups is 1. The Labute approximate surface area is 101 Å². The van der Waals surface area contributed by atoms with Crippen molar-refractivity contribution >= 4 is 15.7 Å². The molecule has 0 saturated heterocycles. The maximum Gasteiger partial charge on any atom is 0.237 e. The molecule has 0 aliphatic heterocycles. The van der Waals surface area contributed by atoms with E-state index in [1.807, 2.05) is 0 Å². The summed E-state index contributed by atoms with van der Waals surface area (Å²) in [6.45, 7) is -0.0997. The lowest BCUT2D eigenvalue weighted by molar-refractivity contribution is -0.126. The Morgan fingerprint density at radius 1 is 1.53 bits per heavy atom. The summed E-state index contributed by atoms with van der Waals surface area (Å²) in [5.41, 5.74) is 5.08. The predicted octanol–water partition coefficient (Wildman–Crippen LogP) is -1.22. The van der Waals surface area contributed by atoms with Crippen LogP contribution in [0.15, 0.2) is 0 Å². The molecule has 0 heterocycles. The summed E-state index contributed by atoms with van der Waals surface area (Å²) < 4.78 is 21.9. The number of sulfone groups is 1. The van der Waals surface area contributed by atoms with Gasteiger partial charge in [-0.05, 0) is 25.7 Å². The molecule has 0 radical (unpaired) electrons. The molecule has 0 spiro atoms. The fraction of sp³-hybridized carbons (Fsp3) is 0.900. The molecule has 100 valence electrons. The number of rotatable bonds is 6. The average Bonchev–Trinajstić information content (AvgIpc) is 2.18. The van der Waals surface area contributed by atoms with Crippen LogP contribution in [-0.2, 0) is 14.6 Å². The number of aliphatic hydroxyl groups excluding tert-OH is 1. The van der Waals surface area contributed by atoms with E-state index in [4.69, 9.17) is 5.73 Å². The number of hydrogen-bond donors (Lipinski definition) is 3. The summed E-state index contributed by atoms with van der Waals surface area (Å²) in [6, 6.07) is -0.839. The molecule has 7 heteroatoms. The molecular formula is C10H20N2O4S. The number of aliphatic hydroxyl groups is 1. The Balaban J connectivity index is 2.42. The van der Waals surface area contributed by atoms with E-state index in [1.54, 1.807) is 0 Å². The van der Waals surface area contributed by atoms with Crippen molar-refractivity contribution in [3.63, 3.8) is 0 Å². The Bertz CT molecular complexity index is 370. The van der Waals surface area contributed by atoms with Crippen molar-refractivity contribution in [2.45, 2.75) is 37.3 Å². The van der Waals surface area contributed by atoms with Gasteiger partial charge in [-0.25, -0.2) is 8.42 Å². The zero-order valence-electron chi connectivity index (χ0n) is 9.98. The summed E-state index contributed by atoms with van der Waals surface area (Å²) in [5.74, 6) is -0.490. The van der Waals surface area contributed by atoms with Crippen LogP contribution in [0.4, 0.5) is 0 Å². The SMILES string of the molecule is CS(=O)(=O)CCC(N)C(=O)NC1(CO)CCC1. The zero-order valence-corrected chi connectivity index (χ0v) is 10.8. The van der Waals surface area contributed by atoms with Crippen molar-refractivity contribution in [3.05, 3.63) is 0 Å². The highest BCUT2D eigenvalue weighted by Gasteiger charge is 2.38. The normalized spacial score (nSPS) is 20.4. The Hall–Kier alpha value is -0.660. The number of hydrogen-bond acceptors (Lipinski definition) is 5. The molecule has 1 amide bonds. The molecule has 1 unspecified atom stereocenters. The quantitative estimate of drug-likeness (QED) is 0.557. The maximum absolute atomic E-state index is 11.7. The van der Waals surface area contributed by atoms with Crippen molar-refractivity contribution in [1.82, 2.24) is 5.32 Å². The summed E-state index contributed by atoms with van der Waals surface area (Å²) in [5, 5.41) is 11.9. The summed E-state index contributed by atoms with van der Waals surface area (Å²) in [7, 11) is -3.10. The molecule has 6 nitrogen and oxygen atoms in total. The molecule has 1 saturated carbocycles. The van der Waals surface area contributed by atoms with Crippen LogP contribution < -0.4 is 11.1 Å². The highest BCUT2D eigenvalue weighted by molar-refractivity contribution is 7.90. The second kappa shape index (κ2) is 5.32. The van der Waals surface area contributed by atoms with Crippen LogP contribution in [-0.4, -0.2) is 49.6 Å². The first-order valence-electron chi connectivity index (χ1n) is 5.64. The largest absolute Gasteiger partial charge is 0.394 e. The predicted molar refractivity (Wildman–Crippen MR) is 64.1 cm³/mol. The van der Waals surface area contributed by atoms with Crippen LogP contribution >= 0.6 is 0 Å². The van der Waals surface area contributed by atoms with Gasteiger partial charge in [0.05, 0.1) is 23.9 Å². The molecule has 1 fully saturated rings. The number of nitrogens with two attached hydrogens (primary N) is 1. The number of amides is 1. The molecule has 0 bridgehead atoms. The fourth-order valence-corrected chi connectivity index (χ4v) is 2.43. The third-order valence-corrected chi connectivity index (χ3v) is 4.12. The molecule has 1 aliphatic carbocycles. The monoisotopic (exact) mass is 264 g/mol.